The molecule has 8 heteroatoms. The van der Waals surface area contributed by atoms with Gasteiger partial charge in [0.15, 0.2) is 0 Å². The summed E-state index contributed by atoms with van der Waals surface area (Å²) in [6, 6.07) is 0. The molecule has 4 saturated heterocycles. The van der Waals surface area contributed by atoms with Crippen LogP contribution in [0, 0.1) is 0 Å². The van der Waals surface area contributed by atoms with Crippen molar-refractivity contribution in [2.24, 2.45) is 0 Å². The molecule has 4 rings (SSSR count). The Kier molecular flexibility index (Phi) is 4.61. The van der Waals surface area contributed by atoms with E-state index in [1.165, 1.54) is 12.2 Å². The second-order valence-electron chi connectivity index (χ2n) is 9.68. The number of rotatable bonds is 10. The Morgan fingerprint density at radius 3 is 1.04 bits per heavy atom. The molecule has 0 N–H and O–H groups in total. The average molecular weight is 394 g/mol. The molecule has 0 aromatic heterocycles. The van der Waals surface area contributed by atoms with Crippen LogP contribution in [0.1, 0.15) is 27.7 Å². The van der Waals surface area contributed by atoms with Gasteiger partial charge in [0.05, 0.1) is 52.6 Å². The van der Waals surface area contributed by atoms with E-state index < -0.39 is 0 Å². The number of ether oxygens (including phenoxy) is 4. The van der Waals surface area contributed by atoms with Crippen LogP contribution in [0.4, 0.5) is 0 Å². The van der Waals surface area contributed by atoms with Crippen molar-refractivity contribution in [1.29, 1.82) is 0 Å². The minimum atomic E-state index is -0.291. The minimum absolute atomic E-state index is 0.204. The summed E-state index contributed by atoms with van der Waals surface area (Å²) in [4.78, 5) is 29.0. The highest BCUT2D eigenvalue weighted by molar-refractivity contribution is 5.97. The SMILES string of the molecule is CC1(CN(CC2(C)CO2)C(=O)/C=C\C(=O)N(CC2(C)CO2)CC2(C)CO2)CO1. The molecular weight excluding hydrogens is 364 g/mol. The smallest absolute Gasteiger partial charge is 0.246 e. The highest BCUT2D eigenvalue weighted by atomic mass is 16.6. The van der Waals surface area contributed by atoms with E-state index in [-0.39, 0.29) is 34.2 Å². The zero-order valence-electron chi connectivity index (χ0n) is 17.2. The standard InChI is InChI=1S/C20H30N2O6/c1-17(11-25-17)7-21(8-18(2)12-26-18)15(23)5-6-16(24)22(9-19(3)13-27-19)10-20(4)14-28-20/h5-6H,7-14H2,1-4H3/b6-5-. The fraction of sp³-hybridized carbons (Fsp3) is 0.800. The van der Waals surface area contributed by atoms with Crippen LogP contribution in [0.3, 0.4) is 0 Å². The zero-order valence-corrected chi connectivity index (χ0v) is 17.2. The number of hydrogen-bond donors (Lipinski definition) is 0. The van der Waals surface area contributed by atoms with Gasteiger partial charge >= 0.3 is 0 Å². The predicted octanol–water partition coefficient (Wildman–Crippen LogP) is 0.355. The molecule has 4 aliphatic rings. The molecule has 0 aromatic carbocycles. The van der Waals surface area contributed by atoms with Gasteiger partial charge in [0.2, 0.25) is 11.8 Å². The van der Waals surface area contributed by atoms with Gasteiger partial charge in [0, 0.05) is 12.2 Å². The lowest BCUT2D eigenvalue weighted by Gasteiger charge is -2.26. The van der Waals surface area contributed by atoms with Crippen LogP contribution >= 0.6 is 0 Å². The minimum Gasteiger partial charge on any atom is -0.368 e. The van der Waals surface area contributed by atoms with E-state index in [2.05, 4.69) is 0 Å². The first-order valence-electron chi connectivity index (χ1n) is 9.83. The Morgan fingerprint density at radius 2 is 0.857 bits per heavy atom. The molecule has 0 aromatic rings. The van der Waals surface area contributed by atoms with Crippen molar-refractivity contribution >= 4 is 11.8 Å². The van der Waals surface area contributed by atoms with E-state index in [1.807, 2.05) is 27.7 Å². The second kappa shape index (κ2) is 6.52. The normalized spacial score (nSPS) is 40.3. The van der Waals surface area contributed by atoms with E-state index in [0.717, 1.165) is 0 Å². The lowest BCUT2D eigenvalue weighted by atomic mass is 10.1. The van der Waals surface area contributed by atoms with Crippen LogP contribution in [0.5, 0.6) is 0 Å². The van der Waals surface area contributed by atoms with Crippen molar-refractivity contribution in [2.45, 2.75) is 50.1 Å². The third kappa shape index (κ3) is 5.11. The predicted molar refractivity (Wildman–Crippen MR) is 99.7 cm³/mol. The van der Waals surface area contributed by atoms with Crippen molar-refractivity contribution in [1.82, 2.24) is 9.80 Å². The molecule has 0 aliphatic carbocycles. The maximum Gasteiger partial charge on any atom is 0.246 e. The molecule has 4 atom stereocenters. The first-order valence-corrected chi connectivity index (χ1v) is 9.83. The molecule has 4 aliphatic heterocycles. The number of carbonyl (C=O) groups excluding carboxylic acids is 2. The Bertz CT molecular complexity index is 591. The van der Waals surface area contributed by atoms with Gasteiger partial charge in [-0.1, -0.05) is 0 Å². The van der Waals surface area contributed by atoms with Gasteiger partial charge in [0.25, 0.3) is 0 Å². The maximum absolute atomic E-state index is 12.8. The van der Waals surface area contributed by atoms with Crippen molar-refractivity contribution in [3.8, 4) is 0 Å². The van der Waals surface area contributed by atoms with Crippen LogP contribution in [-0.4, -0.2) is 96.6 Å². The van der Waals surface area contributed by atoms with Crippen molar-refractivity contribution in [3.63, 3.8) is 0 Å². The van der Waals surface area contributed by atoms with Gasteiger partial charge in [0.1, 0.15) is 22.4 Å². The van der Waals surface area contributed by atoms with Gasteiger partial charge in [-0.2, -0.15) is 0 Å². The summed E-state index contributed by atoms with van der Waals surface area (Å²) in [5.41, 5.74) is -1.16. The number of amides is 2. The maximum atomic E-state index is 12.8. The van der Waals surface area contributed by atoms with Gasteiger partial charge < -0.3 is 28.7 Å². The van der Waals surface area contributed by atoms with Crippen molar-refractivity contribution in [3.05, 3.63) is 12.2 Å². The lowest BCUT2D eigenvalue weighted by molar-refractivity contribution is -0.130. The summed E-state index contributed by atoms with van der Waals surface area (Å²) >= 11 is 0. The zero-order chi connectivity index (χ0) is 20.2. The first kappa shape index (κ1) is 19.8. The summed E-state index contributed by atoms with van der Waals surface area (Å²) in [5.74, 6) is -0.408. The molecule has 28 heavy (non-hydrogen) atoms. The molecule has 8 nitrogen and oxygen atoms in total. The molecule has 0 saturated carbocycles. The van der Waals surface area contributed by atoms with E-state index in [4.69, 9.17) is 18.9 Å². The molecular formula is C20H30N2O6. The summed E-state index contributed by atoms with van der Waals surface area (Å²) in [6.07, 6.45) is 2.72. The molecule has 0 spiro atoms. The van der Waals surface area contributed by atoms with Crippen LogP contribution in [0.25, 0.3) is 0 Å². The Balaban J connectivity index is 1.39. The molecule has 4 fully saturated rings. The van der Waals surface area contributed by atoms with Crippen LogP contribution in [0.2, 0.25) is 0 Å². The fourth-order valence-corrected chi connectivity index (χ4v) is 3.25. The largest absolute Gasteiger partial charge is 0.368 e. The molecule has 156 valence electrons. The summed E-state index contributed by atoms with van der Waals surface area (Å²) in [5, 5.41) is 0. The Hall–Kier alpha value is -1.48. The summed E-state index contributed by atoms with van der Waals surface area (Å²) in [6.45, 7) is 12.4. The van der Waals surface area contributed by atoms with E-state index in [1.54, 1.807) is 9.80 Å². The third-order valence-corrected chi connectivity index (χ3v) is 5.64. The fourth-order valence-electron chi connectivity index (χ4n) is 3.25. The van der Waals surface area contributed by atoms with Gasteiger partial charge in [-0.05, 0) is 27.7 Å². The summed E-state index contributed by atoms with van der Waals surface area (Å²) < 4.78 is 21.7. The lowest BCUT2D eigenvalue weighted by Crippen LogP contribution is -2.43. The number of carbonyl (C=O) groups is 2. The first-order chi connectivity index (χ1) is 13.0. The monoisotopic (exact) mass is 394 g/mol. The van der Waals surface area contributed by atoms with E-state index in [0.29, 0.717) is 52.6 Å². The van der Waals surface area contributed by atoms with E-state index >= 15 is 0 Å². The molecule has 0 radical (unpaired) electrons. The van der Waals surface area contributed by atoms with Crippen molar-refractivity contribution < 1.29 is 28.5 Å². The van der Waals surface area contributed by atoms with Gasteiger partial charge in [-0.3, -0.25) is 9.59 Å². The number of hydrogen-bond acceptors (Lipinski definition) is 6. The third-order valence-electron chi connectivity index (χ3n) is 5.64. The van der Waals surface area contributed by atoms with Crippen LogP contribution in [0.15, 0.2) is 12.2 Å². The number of nitrogens with zero attached hydrogens (tertiary/aromatic N) is 2. The van der Waals surface area contributed by atoms with Crippen LogP contribution in [-0.2, 0) is 28.5 Å². The quantitative estimate of drug-likeness (QED) is 0.392. The highest BCUT2D eigenvalue weighted by Gasteiger charge is 2.48. The molecule has 2 amide bonds. The van der Waals surface area contributed by atoms with Crippen LogP contribution < -0.4 is 0 Å². The topological polar surface area (TPSA) is 90.7 Å². The molecule has 0 bridgehead atoms. The van der Waals surface area contributed by atoms with Crippen molar-refractivity contribution in [2.75, 3.05) is 52.6 Å². The summed E-state index contributed by atoms with van der Waals surface area (Å²) in [7, 11) is 0. The second-order valence-corrected chi connectivity index (χ2v) is 9.68. The average Bonchev–Trinajstić information content (AvgIpc) is 3.42. The Labute approximate surface area is 165 Å². The molecule has 4 unspecified atom stereocenters. The highest BCUT2D eigenvalue weighted by Crippen LogP contribution is 2.33. The molecule has 4 heterocycles. The van der Waals surface area contributed by atoms with Gasteiger partial charge in [-0.25, -0.2) is 0 Å². The van der Waals surface area contributed by atoms with Gasteiger partial charge in [-0.15, -0.1) is 0 Å². The number of epoxide rings is 4. The van der Waals surface area contributed by atoms with E-state index in [9.17, 15) is 9.59 Å². The Morgan fingerprint density at radius 1 is 0.643 bits per heavy atom.